The fraction of sp³-hybridized carbons (Fsp3) is 0.750. The molecular weight excluding hydrogens is 248 g/mol. The fourth-order valence-electron chi connectivity index (χ4n) is 2.31. The Labute approximate surface area is 112 Å². The molecule has 1 atom stereocenters. The molecule has 5 nitrogen and oxygen atoms in total. The lowest BCUT2D eigenvalue weighted by molar-refractivity contribution is 0.0702. The Bertz CT molecular complexity index is 407. The van der Waals surface area contributed by atoms with Crippen LogP contribution >= 0.6 is 11.5 Å². The van der Waals surface area contributed by atoms with Crippen molar-refractivity contribution in [2.24, 2.45) is 0 Å². The van der Waals surface area contributed by atoms with Gasteiger partial charge >= 0.3 is 0 Å². The molecule has 1 aliphatic heterocycles. The number of aryl methyl sites for hydroxylation is 1. The average Bonchev–Trinajstić information content (AvgIpc) is 2.86. The number of likely N-dealkylation sites (N-methyl/N-ethyl adjacent to an activating group) is 1. The molecule has 1 N–H and O–H groups in total. The van der Waals surface area contributed by atoms with E-state index in [4.69, 9.17) is 0 Å². The molecule has 100 valence electrons. The van der Waals surface area contributed by atoms with Gasteiger partial charge < -0.3 is 10.2 Å². The van der Waals surface area contributed by atoms with Gasteiger partial charge in [0.15, 0.2) is 0 Å². The van der Waals surface area contributed by atoms with E-state index >= 15 is 0 Å². The first kappa shape index (κ1) is 13.4. The molecule has 0 aromatic carbocycles. The van der Waals surface area contributed by atoms with Gasteiger partial charge in [-0.05, 0) is 37.8 Å². The van der Waals surface area contributed by atoms with Gasteiger partial charge in [0.05, 0.1) is 5.69 Å². The maximum atomic E-state index is 12.4. The summed E-state index contributed by atoms with van der Waals surface area (Å²) in [6, 6.07) is 0.415. The van der Waals surface area contributed by atoms with Crippen LogP contribution in [0.25, 0.3) is 0 Å². The number of nitrogens with one attached hydrogen (secondary N) is 1. The Hall–Kier alpha value is -1.01. The van der Waals surface area contributed by atoms with Crippen LogP contribution in [0.4, 0.5) is 0 Å². The summed E-state index contributed by atoms with van der Waals surface area (Å²) in [6.07, 6.45) is 4.03. The van der Waals surface area contributed by atoms with Crippen molar-refractivity contribution in [1.82, 2.24) is 19.8 Å². The second-order valence-electron chi connectivity index (χ2n) is 4.68. The molecule has 0 spiro atoms. The van der Waals surface area contributed by atoms with Crippen molar-refractivity contribution in [1.29, 1.82) is 0 Å². The van der Waals surface area contributed by atoms with Crippen LogP contribution < -0.4 is 5.32 Å². The smallest absolute Gasteiger partial charge is 0.267 e. The van der Waals surface area contributed by atoms with Crippen molar-refractivity contribution >= 4 is 17.4 Å². The number of piperidine rings is 1. The van der Waals surface area contributed by atoms with Gasteiger partial charge in [-0.3, -0.25) is 4.79 Å². The van der Waals surface area contributed by atoms with E-state index in [0.717, 1.165) is 49.3 Å². The highest BCUT2D eigenvalue weighted by Crippen LogP contribution is 2.18. The summed E-state index contributed by atoms with van der Waals surface area (Å²) in [5.41, 5.74) is 0.860. The van der Waals surface area contributed by atoms with Crippen molar-refractivity contribution in [3.05, 3.63) is 10.6 Å². The third-order valence-electron chi connectivity index (χ3n) is 3.35. The number of nitrogens with zero attached hydrogens (tertiary/aromatic N) is 3. The van der Waals surface area contributed by atoms with Gasteiger partial charge in [0.2, 0.25) is 0 Å². The molecule has 1 aromatic heterocycles. The SMILES string of the molecule is CCCc1nnsc1C(=O)N1CCCC(NC)C1. The van der Waals surface area contributed by atoms with Crippen LogP contribution in [-0.2, 0) is 6.42 Å². The Morgan fingerprint density at radius 2 is 2.44 bits per heavy atom. The summed E-state index contributed by atoms with van der Waals surface area (Å²) in [6.45, 7) is 3.73. The van der Waals surface area contributed by atoms with E-state index in [2.05, 4.69) is 21.8 Å². The number of amides is 1. The first-order chi connectivity index (χ1) is 8.76. The van der Waals surface area contributed by atoms with Crippen LogP contribution in [0.2, 0.25) is 0 Å². The zero-order valence-corrected chi connectivity index (χ0v) is 11.8. The normalized spacial score (nSPS) is 20.1. The first-order valence-corrected chi connectivity index (χ1v) is 7.31. The Balaban J connectivity index is 2.08. The quantitative estimate of drug-likeness (QED) is 0.894. The molecule has 1 unspecified atom stereocenters. The Kier molecular flexibility index (Phi) is 4.66. The molecule has 1 aliphatic rings. The lowest BCUT2D eigenvalue weighted by Crippen LogP contribution is -2.46. The van der Waals surface area contributed by atoms with E-state index in [0.29, 0.717) is 6.04 Å². The van der Waals surface area contributed by atoms with E-state index in [1.807, 2.05) is 11.9 Å². The molecule has 1 saturated heterocycles. The van der Waals surface area contributed by atoms with Crippen LogP contribution in [0, 0.1) is 0 Å². The molecule has 2 heterocycles. The highest BCUT2D eigenvalue weighted by molar-refractivity contribution is 7.08. The summed E-state index contributed by atoms with van der Waals surface area (Å²) in [5.74, 6) is 0.105. The highest BCUT2D eigenvalue weighted by atomic mass is 32.1. The molecule has 0 aliphatic carbocycles. The fourth-order valence-corrected chi connectivity index (χ4v) is 2.99. The Morgan fingerprint density at radius 3 is 3.17 bits per heavy atom. The molecule has 1 amide bonds. The third kappa shape index (κ3) is 2.87. The number of hydrogen-bond acceptors (Lipinski definition) is 5. The minimum atomic E-state index is 0.105. The van der Waals surface area contributed by atoms with Crippen molar-refractivity contribution in [2.45, 2.75) is 38.6 Å². The summed E-state index contributed by atoms with van der Waals surface area (Å²) in [7, 11) is 1.95. The molecule has 1 aromatic rings. The van der Waals surface area contributed by atoms with Crippen LogP contribution in [0.5, 0.6) is 0 Å². The minimum Gasteiger partial charge on any atom is -0.336 e. The molecule has 1 fully saturated rings. The van der Waals surface area contributed by atoms with E-state index in [-0.39, 0.29) is 5.91 Å². The number of carbonyl (C=O) groups excluding carboxylic acids is 1. The van der Waals surface area contributed by atoms with Gasteiger partial charge in [-0.1, -0.05) is 17.8 Å². The summed E-state index contributed by atoms with van der Waals surface area (Å²) in [4.78, 5) is 15.1. The molecular formula is C12H20N4OS. The number of aromatic nitrogens is 2. The average molecular weight is 268 g/mol. The molecule has 0 saturated carbocycles. The van der Waals surface area contributed by atoms with Crippen LogP contribution in [-0.4, -0.2) is 46.6 Å². The topological polar surface area (TPSA) is 58.1 Å². The lowest BCUT2D eigenvalue weighted by atomic mass is 10.1. The number of hydrogen-bond donors (Lipinski definition) is 1. The predicted molar refractivity (Wildman–Crippen MR) is 71.9 cm³/mol. The Morgan fingerprint density at radius 1 is 1.61 bits per heavy atom. The first-order valence-electron chi connectivity index (χ1n) is 6.54. The van der Waals surface area contributed by atoms with E-state index < -0.39 is 0 Å². The monoisotopic (exact) mass is 268 g/mol. The number of rotatable bonds is 4. The van der Waals surface area contributed by atoms with Gasteiger partial charge in [-0.15, -0.1) is 5.10 Å². The standard InChI is InChI=1S/C12H20N4OS/c1-3-5-10-11(18-15-14-10)12(17)16-7-4-6-9(8-16)13-2/h9,13H,3-8H2,1-2H3. The largest absolute Gasteiger partial charge is 0.336 e. The van der Waals surface area contributed by atoms with Gasteiger partial charge in [0.25, 0.3) is 5.91 Å². The van der Waals surface area contributed by atoms with Crippen LogP contribution in [0.1, 0.15) is 41.6 Å². The molecule has 6 heteroatoms. The van der Waals surface area contributed by atoms with Crippen molar-refractivity contribution in [2.75, 3.05) is 20.1 Å². The summed E-state index contributed by atoms with van der Waals surface area (Å²) in [5, 5.41) is 7.32. The van der Waals surface area contributed by atoms with E-state index in [1.54, 1.807) is 0 Å². The maximum absolute atomic E-state index is 12.4. The molecule has 18 heavy (non-hydrogen) atoms. The predicted octanol–water partition coefficient (Wildman–Crippen LogP) is 1.31. The van der Waals surface area contributed by atoms with E-state index in [1.165, 1.54) is 11.5 Å². The van der Waals surface area contributed by atoms with Crippen LogP contribution in [0.15, 0.2) is 0 Å². The minimum absolute atomic E-state index is 0.105. The second kappa shape index (κ2) is 6.24. The summed E-state index contributed by atoms with van der Waals surface area (Å²) < 4.78 is 3.92. The maximum Gasteiger partial charge on any atom is 0.267 e. The second-order valence-corrected chi connectivity index (χ2v) is 5.43. The number of likely N-dealkylation sites (tertiary alicyclic amines) is 1. The molecule has 2 rings (SSSR count). The zero-order chi connectivity index (χ0) is 13.0. The molecule has 0 bridgehead atoms. The van der Waals surface area contributed by atoms with Crippen molar-refractivity contribution in [3.63, 3.8) is 0 Å². The highest BCUT2D eigenvalue weighted by Gasteiger charge is 2.26. The summed E-state index contributed by atoms with van der Waals surface area (Å²) >= 11 is 1.23. The van der Waals surface area contributed by atoms with Crippen LogP contribution in [0.3, 0.4) is 0 Å². The third-order valence-corrected chi connectivity index (χ3v) is 4.11. The van der Waals surface area contributed by atoms with Gasteiger partial charge in [0.1, 0.15) is 4.88 Å². The van der Waals surface area contributed by atoms with Crippen molar-refractivity contribution < 1.29 is 4.79 Å². The molecule has 0 radical (unpaired) electrons. The van der Waals surface area contributed by atoms with E-state index in [9.17, 15) is 4.79 Å². The number of carbonyl (C=O) groups is 1. The lowest BCUT2D eigenvalue weighted by Gasteiger charge is -2.32. The van der Waals surface area contributed by atoms with Gasteiger partial charge in [-0.25, -0.2) is 0 Å². The van der Waals surface area contributed by atoms with Gasteiger partial charge in [0, 0.05) is 19.1 Å². The van der Waals surface area contributed by atoms with Crippen molar-refractivity contribution in [3.8, 4) is 0 Å². The zero-order valence-electron chi connectivity index (χ0n) is 11.0. The van der Waals surface area contributed by atoms with Gasteiger partial charge in [-0.2, -0.15) is 0 Å².